The van der Waals surface area contributed by atoms with E-state index in [0.717, 1.165) is 18.9 Å². The van der Waals surface area contributed by atoms with Gasteiger partial charge in [-0.2, -0.15) is 4.39 Å². The van der Waals surface area contributed by atoms with E-state index in [1.165, 1.54) is 12.3 Å². The maximum atomic E-state index is 12.8. The van der Waals surface area contributed by atoms with Gasteiger partial charge in [0.15, 0.2) is 0 Å². The molecule has 0 unspecified atom stereocenters. The molecule has 0 atom stereocenters. The number of carbonyl (C=O) groups excluding carboxylic acids is 1. The Morgan fingerprint density at radius 2 is 2.28 bits per heavy atom. The average molecular weight is 254 g/mol. The monoisotopic (exact) mass is 254 g/mol. The van der Waals surface area contributed by atoms with E-state index in [-0.39, 0.29) is 12.0 Å². The van der Waals surface area contributed by atoms with Crippen molar-refractivity contribution < 1.29 is 13.9 Å². The van der Waals surface area contributed by atoms with E-state index in [1.54, 1.807) is 0 Å². The van der Waals surface area contributed by atoms with Crippen LogP contribution in [0.4, 0.5) is 4.39 Å². The lowest BCUT2D eigenvalue weighted by Gasteiger charge is -2.08. The van der Waals surface area contributed by atoms with Crippen LogP contribution in [-0.4, -0.2) is 30.1 Å². The molecule has 0 saturated heterocycles. The number of pyridine rings is 1. The number of hydrogen-bond donors (Lipinski definition) is 1. The molecule has 0 spiro atoms. The molecule has 100 valence electrons. The van der Waals surface area contributed by atoms with Crippen LogP contribution in [0.1, 0.15) is 37.0 Å². The number of carbonyl (C=O) groups is 1. The van der Waals surface area contributed by atoms with Gasteiger partial charge in [0.2, 0.25) is 5.95 Å². The third-order valence-corrected chi connectivity index (χ3v) is 2.30. The highest BCUT2D eigenvalue weighted by molar-refractivity contribution is 5.93. The van der Waals surface area contributed by atoms with Crippen molar-refractivity contribution in [2.24, 2.45) is 0 Å². The van der Waals surface area contributed by atoms with Gasteiger partial charge in [-0.3, -0.25) is 4.79 Å². The number of nitrogens with zero attached hydrogens (tertiary/aromatic N) is 1. The van der Waals surface area contributed by atoms with E-state index in [1.807, 2.05) is 13.8 Å². The quantitative estimate of drug-likeness (QED) is 0.599. The highest BCUT2D eigenvalue weighted by Crippen LogP contribution is 2.00. The molecule has 0 radical (unpaired) electrons. The van der Waals surface area contributed by atoms with Crippen molar-refractivity contribution in [2.75, 3.05) is 13.2 Å². The lowest BCUT2D eigenvalue weighted by molar-refractivity contribution is 0.0754. The molecule has 0 aliphatic rings. The van der Waals surface area contributed by atoms with Gasteiger partial charge in [0, 0.05) is 31.0 Å². The van der Waals surface area contributed by atoms with Crippen LogP contribution < -0.4 is 5.32 Å². The fraction of sp³-hybridized carbons (Fsp3) is 0.538. The summed E-state index contributed by atoms with van der Waals surface area (Å²) in [5.74, 6) is -0.922. The average Bonchev–Trinajstić information content (AvgIpc) is 2.33. The minimum absolute atomic E-state index is 0.236. The van der Waals surface area contributed by atoms with E-state index in [2.05, 4.69) is 10.3 Å². The third kappa shape index (κ3) is 5.72. The molecule has 0 fully saturated rings. The zero-order valence-electron chi connectivity index (χ0n) is 10.8. The molecular weight excluding hydrogens is 235 g/mol. The fourth-order valence-electron chi connectivity index (χ4n) is 1.39. The molecule has 0 aliphatic heterocycles. The minimum Gasteiger partial charge on any atom is -0.379 e. The Kier molecular flexibility index (Phi) is 6.28. The van der Waals surface area contributed by atoms with Crippen molar-refractivity contribution in [3.05, 3.63) is 29.8 Å². The molecule has 1 rings (SSSR count). The third-order valence-electron chi connectivity index (χ3n) is 2.30. The summed E-state index contributed by atoms with van der Waals surface area (Å²) in [5, 5.41) is 2.73. The summed E-state index contributed by atoms with van der Waals surface area (Å²) < 4.78 is 18.2. The first kappa shape index (κ1) is 14.6. The molecule has 1 amide bonds. The summed E-state index contributed by atoms with van der Waals surface area (Å²) in [7, 11) is 0. The molecule has 0 saturated carbocycles. The molecule has 1 aromatic heterocycles. The smallest absolute Gasteiger partial charge is 0.251 e. The Balaban J connectivity index is 2.18. The number of amides is 1. The summed E-state index contributed by atoms with van der Waals surface area (Å²) in [5.41, 5.74) is 0.293. The lowest BCUT2D eigenvalue weighted by atomic mass is 10.2. The molecule has 1 heterocycles. The molecule has 0 bridgehead atoms. The predicted molar refractivity (Wildman–Crippen MR) is 66.9 cm³/mol. The second-order valence-corrected chi connectivity index (χ2v) is 4.25. The lowest BCUT2D eigenvalue weighted by Crippen LogP contribution is -2.24. The van der Waals surface area contributed by atoms with Gasteiger partial charge in [0.25, 0.3) is 5.91 Å². The van der Waals surface area contributed by atoms with E-state index in [0.29, 0.717) is 18.7 Å². The van der Waals surface area contributed by atoms with Crippen molar-refractivity contribution >= 4 is 5.91 Å². The summed E-state index contributed by atoms with van der Waals surface area (Å²) in [6.07, 6.45) is 3.25. The highest BCUT2D eigenvalue weighted by atomic mass is 19.1. The SMILES string of the molecule is CC(C)OCCCCNC(=O)c1ccnc(F)c1. The van der Waals surface area contributed by atoms with Gasteiger partial charge in [-0.15, -0.1) is 0 Å². The molecule has 5 heteroatoms. The van der Waals surface area contributed by atoms with Gasteiger partial charge in [-0.1, -0.05) is 0 Å². The highest BCUT2D eigenvalue weighted by Gasteiger charge is 2.05. The first-order valence-electron chi connectivity index (χ1n) is 6.11. The number of aromatic nitrogens is 1. The Morgan fingerprint density at radius 1 is 1.50 bits per heavy atom. The van der Waals surface area contributed by atoms with Crippen molar-refractivity contribution in [3.63, 3.8) is 0 Å². The van der Waals surface area contributed by atoms with Crippen LogP contribution in [0.3, 0.4) is 0 Å². The van der Waals surface area contributed by atoms with Crippen LogP contribution in [0, 0.1) is 5.95 Å². The molecular formula is C13H19FN2O2. The van der Waals surface area contributed by atoms with Crippen LogP contribution in [0.2, 0.25) is 0 Å². The molecule has 0 aliphatic carbocycles. The van der Waals surface area contributed by atoms with Gasteiger partial charge in [-0.25, -0.2) is 4.98 Å². The van der Waals surface area contributed by atoms with Crippen LogP contribution >= 0.6 is 0 Å². The van der Waals surface area contributed by atoms with E-state index < -0.39 is 5.95 Å². The maximum Gasteiger partial charge on any atom is 0.251 e. The number of halogens is 1. The number of ether oxygens (including phenoxy) is 1. The molecule has 1 N–H and O–H groups in total. The largest absolute Gasteiger partial charge is 0.379 e. The summed E-state index contributed by atoms with van der Waals surface area (Å²) >= 11 is 0. The number of unbranched alkanes of at least 4 members (excludes halogenated alkanes) is 1. The van der Waals surface area contributed by atoms with E-state index in [9.17, 15) is 9.18 Å². The first-order valence-corrected chi connectivity index (χ1v) is 6.11. The standard InChI is InChI=1S/C13H19FN2O2/c1-10(2)18-8-4-3-6-16-13(17)11-5-7-15-12(14)9-11/h5,7,9-10H,3-4,6,8H2,1-2H3,(H,16,17). The summed E-state index contributed by atoms with van der Waals surface area (Å²) in [4.78, 5) is 15.0. The topological polar surface area (TPSA) is 51.2 Å². The fourth-order valence-corrected chi connectivity index (χ4v) is 1.39. The van der Waals surface area contributed by atoms with Crippen LogP contribution in [-0.2, 0) is 4.74 Å². The summed E-state index contributed by atoms with van der Waals surface area (Å²) in [6, 6.07) is 2.61. The van der Waals surface area contributed by atoms with Crippen molar-refractivity contribution in [3.8, 4) is 0 Å². The Labute approximate surface area is 107 Å². The molecule has 18 heavy (non-hydrogen) atoms. The van der Waals surface area contributed by atoms with Gasteiger partial charge >= 0.3 is 0 Å². The predicted octanol–water partition coefficient (Wildman–Crippen LogP) is 2.16. The maximum absolute atomic E-state index is 12.8. The molecule has 4 nitrogen and oxygen atoms in total. The van der Waals surface area contributed by atoms with Crippen LogP contribution in [0.15, 0.2) is 18.3 Å². The number of hydrogen-bond acceptors (Lipinski definition) is 3. The second-order valence-electron chi connectivity index (χ2n) is 4.25. The van der Waals surface area contributed by atoms with Gasteiger partial charge < -0.3 is 10.1 Å². The van der Waals surface area contributed by atoms with Crippen LogP contribution in [0.5, 0.6) is 0 Å². The molecule has 0 aromatic carbocycles. The summed E-state index contributed by atoms with van der Waals surface area (Å²) in [6.45, 7) is 5.22. The van der Waals surface area contributed by atoms with E-state index >= 15 is 0 Å². The van der Waals surface area contributed by atoms with Crippen LogP contribution in [0.25, 0.3) is 0 Å². The zero-order chi connectivity index (χ0) is 13.4. The van der Waals surface area contributed by atoms with Crippen molar-refractivity contribution in [1.29, 1.82) is 0 Å². The van der Waals surface area contributed by atoms with Gasteiger partial charge in [-0.05, 0) is 32.8 Å². The van der Waals surface area contributed by atoms with Gasteiger partial charge in [0.05, 0.1) is 6.10 Å². The Morgan fingerprint density at radius 3 is 2.94 bits per heavy atom. The van der Waals surface area contributed by atoms with Crippen molar-refractivity contribution in [1.82, 2.24) is 10.3 Å². The minimum atomic E-state index is -0.645. The Bertz CT molecular complexity index is 383. The zero-order valence-corrected chi connectivity index (χ0v) is 10.8. The normalized spacial score (nSPS) is 10.7. The van der Waals surface area contributed by atoms with E-state index in [4.69, 9.17) is 4.74 Å². The molecule has 1 aromatic rings. The van der Waals surface area contributed by atoms with Gasteiger partial charge in [0.1, 0.15) is 0 Å². The van der Waals surface area contributed by atoms with Crippen molar-refractivity contribution in [2.45, 2.75) is 32.8 Å². The first-order chi connectivity index (χ1) is 8.59. The second kappa shape index (κ2) is 7.76. The Hall–Kier alpha value is -1.49. The number of rotatable bonds is 7. The number of nitrogens with one attached hydrogen (secondary N) is 1.